The van der Waals surface area contributed by atoms with Gasteiger partial charge in [-0.3, -0.25) is 9.59 Å². The van der Waals surface area contributed by atoms with Gasteiger partial charge in [-0.25, -0.2) is 4.79 Å². The van der Waals surface area contributed by atoms with Crippen LogP contribution in [-0.2, 0) is 20.7 Å². The van der Waals surface area contributed by atoms with Gasteiger partial charge >= 0.3 is 6.09 Å². The number of aryl methyl sites for hydroxylation is 2. The second-order valence-corrected chi connectivity index (χ2v) is 11.7. The van der Waals surface area contributed by atoms with Crippen molar-refractivity contribution >= 4 is 23.6 Å². The van der Waals surface area contributed by atoms with Crippen LogP contribution in [0.25, 0.3) is 0 Å². The molecule has 0 fully saturated rings. The number of alkyl carbamates (subject to hydrolysis) is 1. The maximum atomic E-state index is 14.6. The summed E-state index contributed by atoms with van der Waals surface area (Å²) >= 11 is 0. The van der Waals surface area contributed by atoms with Gasteiger partial charge in [0, 0.05) is 18.7 Å². The number of unbranched alkanes of at least 4 members (excludes halogenated alkanes) is 1. The van der Waals surface area contributed by atoms with Crippen molar-refractivity contribution in [3.05, 3.63) is 95.1 Å². The smallest absolute Gasteiger partial charge is 0.408 e. The van der Waals surface area contributed by atoms with Gasteiger partial charge in [0.1, 0.15) is 23.4 Å². The van der Waals surface area contributed by atoms with Crippen LogP contribution in [0.15, 0.2) is 72.8 Å². The molecule has 0 heterocycles. The summed E-state index contributed by atoms with van der Waals surface area (Å²) in [6.07, 6.45) is 1.03. The van der Waals surface area contributed by atoms with Crippen LogP contribution in [0.4, 0.5) is 10.5 Å². The predicted molar refractivity (Wildman–Crippen MR) is 170 cm³/mol. The van der Waals surface area contributed by atoms with Crippen molar-refractivity contribution in [2.24, 2.45) is 0 Å². The number of hydrogen-bond donors (Lipinski definition) is 2. The fourth-order valence-corrected chi connectivity index (χ4v) is 4.97. The molecule has 230 valence electrons. The first-order valence-electron chi connectivity index (χ1n) is 14.8. The van der Waals surface area contributed by atoms with Crippen molar-refractivity contribution < 1.29 is 23.9 Å². The van der Waals surface area contributed by atoms with E-state index in [2.05, 4.69) is 10.6 Å². The Labute approximate surface area is 255 Å². The molecular weight excluding hydrogens is 542 g/mol. The number of hydrogen-bond acceptors (Lipinski definition) is 5. The molecule has 3 aromatic carbocycles. The first-order chi connectivity index (χ1) is 20.4. The standard InChI is InChI=1S/C35H45N3O5/c1-8-9-22-38(33(40)29(23-26-16-11-10-12-17-26)37-34(41)43-35(4,5)6)31(30-24(2)14-13-15-25(30)3)32(39)36-27-18-20-28(42-7)21-19-27/h10-21,29,31H,8-9,22-23H2,1-7H3,(H,36,39)(H,37,41). The molecule has 3 rings (SSSR count). The van der Waals surface area contributed by atoms with Gasteiger partial charge in [-0.05, 0) is 87.6 Å². The normalized spacial score (nSPS) is 12.5. The summed E-state index contributed by atoms with van der Waals surface area (Å²) in [6, 6.07) is 20.5. The largest absolute Gasteiger partial charge is 0.497 e. The third kappa shape index (κ3) is 9.60. The highest BCUT2D eigenvalue weighted by molar-refractivity contribution is 5.99. The van der Waals surface area contributed by atoms with Crippen LogP contribution in [-0.4, -0.2) is 48.1 Å². The average molecular weight is 588 g/mol. The first-order valence-corrected chi connectivity index (χ1v) is 14.8. The Balaban J connectivity index is 2.09. The van der Waals surface area contributed by atoms with E-state index in [0.29, 0.717) is 24.4 Å². The van der Waals surface area contributed by atoms with Crippen LogP contribution in [0.2, 0.25) is 0 Å². The molecular formula is C35H45N3O5. The number of nitrogens with one attached hydrogen (secondary N) is 2. The van der Waals surface area contributed by atoms with Crippen LogP contribution in [0.1, 0.15) is 68.8 Å². The van der Waals surface area contributed by atoms with E-state index in [9.17, 15) is 14.4 Å². The Bertz CT molecular complexity index is 1350. The molecule has 2 unspecified atom stereocenters. The number of carbonyl (C=O) groups excluding carboxylic acids is 3. The minimum Gasteiger partial charge on any atom is -0.497 e. The summed E-state index contributed by atoms with van der Waals surface area (Å²) in [5.74, 6) is -0.0375. The number of carbonyl (C=O) groups is 3. The van der Waals surface area contributed by atoms with Gasteiger partial charge in [0.25, 0.3) is 5.91 Å². The number of ether oxygens (including phenoxy) is 2. The maximum Gasteiger partial charge on any atom is 0.408 e. The minimum atomic E-state index is -0.963. The lowest BCUT2D eigenvalue weighted by atomic mass is 9.93. The number of anilines is 1. The van der Waals surface area contributed by atoms with E-state index in [-0.39, 0.29) is 18.2 Å². The number of rotatable bonds is 12. The van der Waals surface area contributed by atoms with Gasteiger partial charge in [-0.1, -0.05) is 61.9 Å². The zero-order valence-electron chi connectivity index (χ0n) is 26.4. The number of methoxy groups -OCH3 is 1. The third-order valence-electron chi connectivity index (χ3n) is 7.04. The zero-order chi connectivity index (χ0) is 31.6. The lowest BCUT2D eigenvalue weighted by molar-refractivity contribution is -0.140. The van der Waals surface area contributed by atoms with Crippen molar-refractivity contribution in [2.75, 3.05) is 19.0 Å². The Morgan fingerprint density at radius 1 is 0.884 bits per heavy atom. The lowest BCUT2D eigenvalue weighted by Gasteiger charge is -2.36. The third-order valence-corrected chi connectivity index (χ3v) is 7.04. The predicted octanol–water partition coefficient (Wildman–Crippen LogP) is 6.76. The van der Waals surface area contributed by atoms with E-state index in [1.54, 1.807) is 57.0 Å². The van der Waals surface area contributed by atoms with Gasteiger partial charge in [0.2, 0.25) is 5.91 Å². The minimum absolute atomic E-state index is 0.237. The molecule has 0 aliphatic carbocycles. The summed E-state index contributed by atoms with van der Waals surface area (Å²) in [5, 5.41) is 5.84. The summed E-state index contributed by atoms with van der Waals surface area (Å²) in [7, 11) is 1.58. The summed E-state index contributed by atoms with van der Waals surface area (Å²) < 4.78 is 10.8. The molecule has 0 aromatic heterocycles. The second kappa shape index (κ2) is 15.2. The Hall–Kier alpha value is -4.33. The maximum absolute atomic E-state index is 14.6. The van der Waals surface area contributed by atoms with Gasteiger partial charge in [-0.2, -0.15) is 0 Å². The number of amides is 3. The Morgan fingerprint density at radius 3 is 2.07 bits per heavy atom. The summed E-state index contributed by atoms with van der Waals surface area (Å²) in [4.78, 5) is 43.4. The molecule has 0 saturated carbocycles. The van der Waals surface area contributed by atoms with Crippen molar-refractivity contribution in [3.63, 3.8) is 0 Å². The van der Waals surface area contributed by atoms with E-state index < -0.39 is 23.8 Å². The SMILES string of the molecule is CCCCN(C(=O)C(Cc1ccccc1)NC(=O)OC(C)(C)C)C(C(=O)Nc1ccc(OC)cc1)c1c(C)cccc1C. The van der Waals surface area contributed by atoms with Crippen LogP contribution in [0.5, 0.6) is 5.75 Å². The monoisotopic (exact) mass is 587 g/mol. The average Bonchev–Trinajstić information content (AvgIpc) is 2.95. The summed E-state index contributed by atoms with van der Waals surface area (Å²) in [6.45, 7) is 11.6. The molecule has 2 N–H and O–H groups in total. The highest BCUT2D eigenvalue weighted by atomic mass is 16.6. The van der Waals surface area contributed by atoms with Crippen molar-refractivity contribution in [1.82, 2.24) is 10.2 Å². The second-order valence-electron chi connectivity index (χ2n) is 11.7. The molecule has 0 bridgehead atoms. The van der Waals surface area contributed by atoms with E-state index in [1.165, 1.54) is 0 Å². The molecule has 8 nitrogen and oxygen atoms in total. The fourth-order valence-electron chi connectivity index (χ4n) is 4.97. The topological polar surface area (TPSA) is 97.0 Å². The summed E-state index contributed by atoms with van der Waals surface area (Å²) in [5.41, 5.74) is 3.25. The van der Waals surface area contributed by atoms with E-state index in [1.807, 2.05) is 69.3 Å². The molecule has 0 aliphatic rings. The fraction of sp³-hybridized carbons (Fsp3) is 0.400. The van der Waals surface area contributed by atoms with Gasteiger partial charge < -0.3 is 25.0 Å². The van der Waals surface area contributed by atoms with E-state index in [4.69, 9.17) is 9.47 Å². The van der Waals surface area contributed by atoms with Crippen molar-refractivity contribution in [3.8, 4) is 5.75 Å². The van der Waals surface area contributed by atoms with Crippen molar-refractivity contribution in [2.45, 2.75) is 78.5 Å². The van der Waals surface area contributed by atoms with Gasteiger partial charge in [0.05, 0.1) is 7.11 Å². The molecule has 8 heteroatoms. The molecule has 0 saturated heterocycles. The van der Waals surface area contributed by atoms with E-state index >= 15 is 0 Å². The van der Waals surface area contributed by atoms with Crippen LogP contribution >= 0.6 is 0 Å². The van der Waals surface area contributed by atoms with Gasteiger partial charge in [0.15, 0.2) is 0 Å². The highest BCUT2D eigenvalue weighted by Crippen LogP contribution is 2.31. The molecule has 0 aliphatic heterocycles. The highest BCUT2D eigenvalue weighted by Gasteiger charge is 2.37. The lowest BCUT2D eigenvalue weighted by Crippen LogP contribution is -2.53. The van der Waals surface area contributed by atoms with Crippen LogP contribution in [0, 0.1) is 13.8 Å². The number of nitrogens with zero attached hydrogens (tertiary/aromatic N) is 1. The van der Waals surface area contributed by atoms with Crippen molar-refractivity contribution in [1.29, 1.82) is 0 Å². The van der Waals surface area contributed by atoms with Crippen LogP contribution < -0.4 is 15.4 Å². The van der Waals surface area contributed by atoms with Gasteiger partial charge in [-0.15, -0.1) is 0 Å². The van der Waals surface area contributed by atoms with Crippen LogP contribution in [0.3, 0.4) is 0 Å². The molecule has 2 atom stereocenters. The zero-order valence-corrected chi connectivity index (χ0v) is 26.4. The molecule has 43 heavy (non-hydrogen) atoms. The molecule has 3 amide bonds. The Morgan fingerprint density at radius 2 is 1.51 bits per heavy atom. The molecule has 0 radical (unpaired) electrons. The molecule has 3 aromatic rings. The molecule has 0 spiro atoms. The number of benzene rings is 3. The van der Waals surface area contributed by atoms with E-state index in [0.717, 1.165) is 28.7 Å². The quantitative estimate of drug-likeness (QED) is 0.244. The first kappa shape index (κ1) is 33.2. The Kier molecular flexibility index (Phi) is 11.8.